The summed E-state index contributed by atoms with van der Waals surface area (Å²) in [5.41, 5.74) is 3.18. The van der Waals surface area contributed by atoms with Gasteiger partial charge in [-0.1, -0.05) is 17.7 Å². The molecular weight excluding hydrogens is 371 g/mol. The molecule has 0 unspecified atom stereocenters. The zero-order valence-electron chi connectivity index (χ0n) is 15.1. The van der Waals surface area contributed by atoms with Gasteiger partial charge in [-0.2, -0.15) is 18.2 Å². The zero-order valence-corrected chi connectivity index (χ0v) is 16.0. The van der Waals surface area contributed by atoms with Gasteiger partial charge in [-0.15, -0.1) is 0 Å². The lowest BCUT2D eigenvalue weighted by atomic mass is 10.1. The molecule has 0 aliphatic carbocycles. The van der Waals surface area contributed by atoms with Crippen LogP contribution in [0.4, 0.5) is 4.39 Å². The minimum Gasteiger partial charge on any atom is -0.378 e. The first kappa shape index (κ1) is 19.1. The summed E-state index contributed by atoms with van der Waals surface area (Å²) in [6.45, 7) is 4.07. The molecule has 0 atom stereocenters. The van der Waals surface area contributed by atoms with Crippen LogP contribution in [0.5, 0.6) is 5.88 Å². The van der Waals surface area contributed by atoms with Crippen LogP contribution in [0.25, 0.3) is 5.69 Å². The molecule has 6 nitrogen and oxygen atoms in total. The highest BCUT2D eigenvalue weighted by atomic mass is 32.2. The topological polar surface area (TPSA) is 70.4 Å². The third kappa shape index (κ3) is 4.17. The van der Waals surface area contributed by atoms with E-state index in [0.29, 0.717) is 11.4 Å². The number of benzene rings is 2. The number of aryl methyl sites for hydroxylation is 2. The van der Waals surface area contributed by atoms with E-state index in [1.165, 1.54) is 17.9 Å². The molecule has 142 valence electrons. The Balaban J connectivity index is 2.05. The highest BCUT2D eigenvalue weighted by Crippen LogP contribution is 2.26. The maximum Gasteiger partial charge on any atom is 0.340 e. The molecule has 3 rings (SSSR count). The van der Waals surface area contributed by atoms with Crippen molar-refractivity contribution in [3.63, 3.8) is 0 Å². The minimum atomic E-state index is -4.15. The molecule has 0 amide bonds. The van der Waals surface area contributed by atoms with Gasteiger partial charge in [0.05, 0.1) is 18.0 Å². The molecule has 1 heterocycles. The highest BCUT2D eigenvalue weighted by molar-refractivity contribution is 7.87. The Morgan fingerprint density at radius 2 is 1.78 bits per heavy atom. The number of ether oxygens (including phenoxy) is 1. The summed E-state index contributed by atoms with van der Waals surface area (Å²) < 4.78 is 50.1. The molecule has 8 heteroatoms. The van der Waals surface area contributed by atoms with Crippen molar-refractivity contribution in [1.82, 2.24) is 9.78 Å². The summed E-state index contributed by atoms with van der Waals surface area (Å²) in [6.07, 6.45) is 0. The molecule has 0 aliphatic rings. The molecule has 0 N–H and O–H groups in total. The second kappa shape index (κ2) is 7.50. The van der Waals surface area contributed by atoms with Crippen molar-refractivity contribution in [1.29, 1.82) is 0 Å². The first-order chi connectivity index (χ1) is 12.8. The SMILES string of the molecule is COCc1cc(OS(=O)(=O)c2ccc(F)cc2)n(-c2ccc(C)cc2C)n1. The van der Waals surface area contributed by atoms with Crippen LogP contribution in [-0.2, 0) is 21.5 Å². The first-order valence-electron chi connectivity index (χ1n) is 8.16. The molecule has 0 spiro atoms. The summed E-state index contributed by atoms with van der Waals surface area (Å²) in [6, 6.07) is 11.6. The van der Waals surface area contributed by atoms with Gasteiger partial charge in [0.1, 0.15) is 10.7 Å². The molecule has 3 aromatic rings. The lowest BCUT2D eigenvalue weighted by Gasteiger charge is -2.12. The van der Waals surface area contributed by atoms with Crippen molar-refractivity contribution in [2.75, 3.05) is 7.11 Å². The van der Waals surface area contributed by atoms with Crippen molar-refractivity contribution in [3.05, 3.63) is 71.2 Å². The molecule has 0 aliphatic heterocycles. The second-order valence-corrected chi connectivity index (χ2v) is 7.65. The average molecular weight is 390 g/mol. The first-order valence-corrected chi connectivity index (χ1v) is 9.56. The molecule has 2 aromatic carbocycles. The fourth-order valence-electron chi connectivity index (χ4n) is 2.67. The smallest absolute Gasteiger partial charge is 0.340 e. The molecule has 27 heavy (non-hydrogen) atoms. The van der Waals surface area contributed by atoms with Gasteiger partial charge >= 0.3 is 10.1 Å². The lowest BCUT2D eigenvalue weighted by Crippen LogP contribution is -2.13. The Hall–Kier alpha value is -2.71. The molecule has 1 aromatic heterocycles. The van der Waals surface area contributed by atoms with E-state index in [9.17, 15) is 12.8 Å². The monoisotopic (exact) mass is 390 g/mol. The van der Waals surface area contributed by atoms with E-state index in [0.717, 1.165) is 35.4 Å². The van der Waals surface area contributed by atoms with E-state index >= 15 is 0 Å². The predicted octanol–water partition coefficient (Wildman–Crippen LogP) is 3.54. The maximum atomic E-state index is 13.1. The van der Waals surface area contributed by atoms with E-state index < -0.39 is 15.9 Å². The zero-order chi connectivity index (χ0) is 19.6. The Bertz CT molecular complexity index is 1060. The average Bonchev–Trinajstić information content (AvgIpc) is 2.97. The Morgan fingerprint density at radius 1 is 1.07 bits per heavy atom. The van der Waals surface area contributed by atoms with Crippen LogP contribution in [0.15, 0.2) is 53.4 Å². The van der Waals surface area contributed by atoms with Crippen molar-refractivity contribution in [2.45, 2.75) is 25.3 Å². The van der Waals surface area contributed by atoms with Crippen LogP contribution in [0, 0.1) is 19.7 Å². The van der Waals surface area contributed by atoms with E-state index in [2.05, 4.69) is 5.10 Å². The third-order valence-electron chi connectivity index (χ3n) is 3.90. The van der Waals surface area contributed by atoms with Crippen LogP contribution in [0.3, 0.4) is 0 Å². The number of aromatic nitrogens is 2. The van der Waals surface area contributed by atoms with E-state index in [-0.39, 0.29) is 17.4 Å². The van der Waals surface area contributed by atoms with Gasteiger partial charge in [0.2, 0.25) is 5.88 Å². The number of hydrogen-bond donors (Lipinski definition) is 0. The van der Waals surface area contributed by atoms with Crippen LogP contribution < -0.4 is 4.18 Å². The molecular formula is C19H19FN2O4S. The predicted molar refractivity (Wildman–Crippen MR) is 98.0 cm³/mol. The Morgan fingerprint density at radius 3 is 2.41 bits per heavy atom. The van der Waals surface area contributed by atoms with E-state index in [1.54, 1.807) is 0 Å². The van der Waals surface area contributed by atoms with Gasteiger partial charge in [0, 0.05) is 13.2 Å². The van der Waals surface area contributed by atoms with Crippen molar-refractivity contribution in [2.24, 2.45) is 0 Å². The third-order valence-corrected chi connectivity index (χ3v) is 5.14. The Labute approximate surface area is 157 Å². The second-order valence-electron chi connectivity index (χ2n) is 6.10. The van der Waals surface area contributed by atoms with Gasteiger partial charge < -0.3 is 8.92 Å². The normalized spacial score (nSPS) is 11.6. The number of nitrogens with zero attached hydrogens (tertiary/aromatic N) is 2. The van der Waals surface area contributed by atoms with Crippen LogP contribution in [0.2, 0.25) is 0 Å². The summed E-state index contributed by atoms with van der Waals surface area (Å²) >= 11 is 0. The van der Waals surface area contributed by atoms with Gasteiger partial charge in [-0.25, -0.2) is 4.39 Å². The van der Waals surface area contributed by atoms with E-state index in [1.807, 2.05) is 32.0 Å². The number of methoxy groups -OCH3 is 1. The van der Waals surface area contributed by atoms with Crippen LogP contribution in [-0.4, -0.2) is 25.3 Å². The van der Waals surface area contributed by atoms with E-state index in [4.69, 9.17) is 8.92 Å². The number of hydrogen-bond acceptors (Lipinski definition) is 5. The van der Waals surface area contributed by atoms with Gasteiger partial charge in [-0.05, 0) is 49.7 Å². The maximum absolute atomic E-state index is 13.1. The van der Waals surface area contributed by atoms with Gasteiger partial charge in [-0.3, -0.25) is 0 Å². The lowest BCUT2D eigenvalue weighted by molar-refractivity contribution is 0.181. The molecule has 0 radical (unpaired) electrons. The molecule has 0 saturated carbocycles. The molecule has 0 fully saturated rings. The fraction of sp³-hybridized carbons (Fsp3) is 0.211. The minimum absolute atomic E-state index is 0.0262. The number of rotatable bonds is 6. The van der Waals surface area contributed by atoms with Crippen molar-refractivity contribution < 1.29 is 21.7 Å². The summed E-state index contributed by atoms with van der Waals surface area (Å²) in [5.74, 6) is -0.505. The molecule has 0 bridgehead atoms. The van der Waals surface area contributed by atoms with Crippen molar-refractivity contribution in [3.8, 4) is 11.6 Å². The largest absolute Gasteiger partial charge is 0.378 e. The summed E-state index contributed by atoms with van der Waals surface area (Å²) in [4.78, 5) is -0.148. The Kier molecular flexibility index (Phi) is 5.29. The number of halogens is 1. The van der Waals surface area contributed by atoms with Gasteiger partial charge in [0.25, 0.3) is 0 Å². The fourth-order valence-corrected chi connectivity index (χ4v) is 3.57. The van der Waals surface area contributed by atoms with Crippen LogP contribution >= 0.6 is 0 Å². The standard InChI is InChI=1S/C19H19FN2O4S/c1-13-4-9-18(14(2)10-13)22-19(11-16(21-22)12-25-3)26-27(23,24)17-7-5-15(20)6-8-17/h4-11H,12H2,1-3H3. The highest BCUT2D eigenvalue weighted by Gasteiger charge is 2.22. The quantitative estimate of drug-likeness (QED) is 0.602. The van der Waals surface area contributed by atoms with Crippen molar-refractivity contribution >= 4 is 10.1 Å². The molecule has 0 saturated heterocycles. The summed E-state index contributed by atoms with van der Waals surface area (Å²) in [5, 5.41) is 4.39. The van der Waals surface area contributed by atoms with Gasteiger partial charge in [0.15, 0.2) is 0 Å². The summed E-state index contributed by atoms with van der Waals surface area (Å²) in [7, 11) is -2.63. The van der Waals surface area contributed by atoms with Crippen LogP contribution in [0.1, 0.15) is 16.8 Å².